The van der Waals surface area contributed by atoms with E-state index in [-0.39, 0.29) is 11.5 Å². The third-order valence-electron chi connectivity index (χ3n) is 4.94. The molecule has 0 amide bonds. The number of hydrogen-bond acceptors (Lipinski definition) is 4. The molecule has 2 saturated heterocycles. The number of fused-ring (bicyclic) bond motifs is 1. The Kier molecular flexibility index (Phi) is 4.85. The van der Waals surface area contributed by atoms with E-state index in [1.165, 1.54) is 12.0 Å². The van der Waals surface area contributed by atoms with Crippen LogP contribution in [-0.4, -0.2) is 53.2 Å². The largest absolute Gasteiger partial charge is 0.378 e. The Bertz CT molecular complexity index is 488. The Morgan fingerprint density at radius 1 is 1.50 bits per heavy atom. The minimum absolute atomic E-state index is 0.170. The summed E-state index contributed by atoms with van der Waals surface area (Å²) in [4.78, 5) is 2.55. The number of rotatable bonds is 5. The first-order chi connectivity index (χ1) is 10.6. The van der Waals surface area contributed by atoms with Crippen LogP contribution < -0.4 is 0 Å². The molecule has 0 saturated carbocycles. The summed E-state index contributed by atoms with van der Waals surface area (Å²) in [6, 6.07) is 0. The summed E-state index contributed by atoms with van der Waals surface area (Å²) < 4.78 is 14.0. The van der Waals surface area contributed by atoms with Gasteiger partial charge < -0.3 is 9.47 Å². The van der Waals surface area contributed by atoms with Crippen LogP contribution in [0.2, 0.25) is 0 Å². The minimum Gasteiger partial charge on any atom is -0.378 e. The van der Waals surface area contributed by atoms with Crippen LogP contribution in [0.15, 0.2) is 12.4 Å². The highest BCUT2D eigenvalue weighted by molar-refractivity contribution is 5.05. The molecule has 5 nitrogen and oxygen atoms in total. The summed E-state index contributed by atoms with van der Waals surface area (Å²) in [7, 11) is 1.97. The van der Waals surface area contributed by atoms with Crippen molar-refractivity contribution in [2.45, 2.75) is 51.9 Å². The fourth-order valence-corrected chi connectivity index (χ4v) is 3.87. The number of ether oxygens (including phenoxy) is 2. The third kappa shape index (κ3) is 3.53. The van der Waals surface area contributed by atoms with Gasteiger partial charge in [0.1, 0.15) is 0 Å². The van der Waals surface area contributed by atoms with Crippen molar-refractivity contribution < 1.29 is 9.47 Å². The molecule has 0 radical (unpaired) electrons. The maximum atomic E-state index is 6.10. The summed E-state index contributed by atoms with van der Waals surface area (Å²) in [6.45, 7) is 9.11. The Labute approximate surface area is 133 Å². The van der Waals surface area contributed by atoms with Crippen molar-refractivity contribution in [1.82, 2.24) is 14.7 Å². The molecule has 0 N–H and O–H groups in total. The van der Waals surface area contributed by atoms with E-state index in [0.29, 0.717) is 6.10 Å². The molecule has 0 spiro atoms. The zero-order valence-electron chi connectivity index (χ0n) is 14.1. The quantitative estimate of drug-likeness (QED) is 0.836. The normalized spacial score (nSPS) is 29.7. The lowest BCUT2D eigenvalue weighted by atomic mass is 9.73. The Hall–Kier alpha value is -0.910. The number of piperidine rings is 1. The van der Waals surface area contributed by atoms with E-state index in [4.69, 9.17) is 9.47 Å². The van der Waals surface area contributed by atoms with Gasteiger partial charge in [0.15, 0.2) is 0 Å². The monoisotopic (exact) mass is 307 g/mol. The topological polar surface area (TPSA) is 39.5 Å². The maximum absolute atomic E-state index is 6.10. The van der Waals surface area contributed by atoms with Gasteiger partial charge in [0, 0.05) is 50.5 Å². The highest BCUT2D eigenvalue weighted by Crippen LogP contribution is 2.41. The fraction of sp³-hybridized carbons (Fsp3) is 0.824. The number of aromatic nitrogens is 2. The van der Waals surface area contributed by atoms with E-state index >= 15 is 0 Å². The molecule has 0 unspecified atom stereocenters. The van der Waals surface area contributed by atoms with E-state index in [9.17, 15) is 0 Å². The van der Waals surface area contributed by atoms with Gasteiger partial charge in [-0.05, 0) is 33.1 Å². The van der Waals surface area contributed by atoms with Gasteiger partial charge in [-0.15, -0.1) is 0 Å². The molecule has 0 bridgehead atoms. The van der Waals surface area contributed by atoms with Crippen LogP contribution in [0.5, 0.6) is 0 Å². The summed E-state index contributed by atoms with van der Waals surface area (Å²) in [5.41, 5.74) is 1.46. The maximum Gasteiger partial charge on any atom is 0.0677 e. The van der Waals surface area contributed by atoms with E-state index in [2.05, 4.69) is 30.0 Å². The average Bonchev–Trinajstić information content (AvgIpc) is 2.90. The van der Waals surface area contributed by atoms with Crippen LogP contribution >= 0.6 is 0 Å². The molecule has 2 atom stereocenters. The Morgan fingerprint density at radius 3 is 3.09 bits per heavy atom. The zero-order valence-corrected chi connectivity index (χ0v) is 14.1. The second-order valence-corrected chi connectivity index (χ2v) is 7.21. The van der Waals surface area contributed by atoms with Gasteiger partial charge in [0.05, 0.1) is 25.0 Å². The first-order valence-corrected chi connectivity index (χ1v) is 8.50. The first-order valence-electron chi connectivity index (χ1n) is 8.50. The summed E-state index contributed by atoms with van der Waals surface area (Å²) in [6.07, 6.45) is 8.21. The number of nitrogens with zero attached hydrogens (tertiary/aromatic N) is 3. The lowest BCUT2D eigenvalue weighted by molar-refractivity contribution is -0.159. The van der Waals surface area contributed by atoms with Gasteiger partial charge >= 0.3 is 0 Å². The summed E-state index contributed by atoms with van der Waals surface area (Å²) >= 11 is 0. The van der Waals surface area contributed by atoms with Crippen molar-refractivity contribution in [2.24, 2.45) is 12.5 Å². The van der Waals surface area contributed by atoms with Gasteiger partial charge in [-0.2, -0.15) is 5.10 Å². The molecule has 124 valence electrons. The summed E-state index contributed by atoms with van der Waals surface area (Å²) in [5, 5.41) is 4.28. The van der Waals surface area contributed by atoms with Crippen LogP contribution in [0.1, 0.15) is 38.7 Å². The number of likely N-dealkylation sites (tertiary alicyclic amines) is 1. The second kappa shape index (κ2) is 6.69. The minimum atomic E-state index is 0.170. The molecule has 2 fully saturated rings. The molecular weight excluding hydrogens is 278 g/mol. The van der Waals surface area contributed by atoms with Crippen molar-refractivity contribution in [1.29, 1.82) is 0 Å². The van der Waals surface area contributed by atoms with Crippen molar-refractivity contribution in [2.75, 3.05) is 26.3 Å². The molecule has 0 aromatic carbocycles. The van der Waals surface area contributed by atoms with E-state index in [1.54, 1.807) is 0 Å². The molecule has 1 aromatic heterocycles. The van der Waals surface area contributed by atoms with Crippen molar-refractivity contribution in [3.8, 4) is 0 Å². The third-order valence-corrected chi connectivity index (χ3v) is 4.94. The van der Waals surface area contributed by atoms with Gasteiger partial charge in [-0.3, -0.25) is 9.58 Å². The predicted molar refractivity (Wildman–Crippen MR) is 85.6 cm³/mol. The predicted octanol–water partition coefficient (Wildman–Crippen LogP) is 2.22. The average molecular weight is 307 g/mol. The Morgan fingerprint density at radius 2 is 2.36 bits per heavy atom. The van der Waals surface area contributed by atoms with E-state index in [0.717, 1.165) is 45.7 Å². The molecular formula is C17H29N3O2. The molecule has 3 rings (SSSR count). The van der Waals surface area contributed by atoms with Crippen LogP contribution in [0.25, 0.3) is 0 Å². The molecule has 1 aromatic rings. The highest BCUT2D eigenvalue weighted by atomic mass is 16.5. The van der Waals surface area contributed by atoms with E-state index < -0.39 is 0 Å². The van der Waals surface area contributed by atoms with Crippen LogP contribution in [-0.2, 0) is 23.1 Å². The molecule has 22 heavy (non-hydrogen) atoms. The SMILES string of the molecule is CC(C)OC[C@]12CCCO[C@H]1CCN(Cc1cnn(C)c1)C2. The standard InChI is InChI=1S/C17H29N3O2/c1-14(2)22-13-17-6-4-8-21-16(17)5-7-20(12-17)11-15-9-18-19(3)10-15/h9-10,14,16H,4-8,11-13H2,1-3H3/t16-,17+/m0/s1. The van der Waals surface area contributed by atoms with Crippen molar-refractivity contribution in [3.05, 3.63) is 18.0 Å². The highest BCUT2D eigenvalue weighted by Gasteiger charge is 2.46. The van der Waals surface area contributed by atoms with Crippen LogP contribution in [0, 0.1) is 5.41 Å². The number of hydrogen-bond donors (Lipinski definition) is 0. The van der Waals surface area contributed by atoms with Crippen molar-refractivity contribution in [3.63, 3.8) is 0 Å². The van der Waals surface area contributed by atoms with E-state index in [1.807, 2.05) is 17.9 Å². The van der Waals surface area contributed by atoms with Gasteiger partial charge in [-0.1, -0.05) is 0 Å². The molecule has 2 aliphatic heterocycles. The molecule has 2 aliphatic rings. The van der Waals surface area contributed by atoms with Gasteiger partial charge in [-0.25, -0.2) is 0 Å². The number of aryl methyl sites for hydroxylation is 1. The lowest BCUT2D eigenvalue weighted by Crippen LogP contribution is -2.56. The summed E-state index contributed by atoms with van der Waals surface area (Å²) in [5.74, 6) is 0. The molecule has 5 heteroatoms. The molecule has 3 heterocycles. The Balaban J connectivity index is 1.68. The smallest absolute Gasteiger partial charge is 0.0677 e. The fourth-order valence-electron chi connectivity index (χ4n) is 3.87. The lowest BCUT2D eigenvalue weighted by Gasteiger charge is -2.50. The molecule has 0 aliphatic carbocycles. The van der Waals surface area contributed by atoms with Crippen LogP contribution in [0.4, 0.5) is 0 Å². The first kappa shape index (κ1) is 16.0. The van der Waals surface area contributed by atoms with Gasteiger partial charge in [0.2, 0.25) is 0 Å². The van der Waals surface area contributed by atoms with Gasteiger partial charge in [0.25, 0.3) is 0 Å². The van der Waals surface area contributed by atoms with Crippen molar-refractivity contribution >= 4 is 0 Å². The zero-order chi connectivity index (χ0) is 15.6. The van der Waals surface area contributed by atoms with Crippen LogP contribution in [0.3, 0.4) is 0 Å². The second-order valence-electron chi connectivity index (χ2n) is 7.21.